The molecule has 0 N–H and O–H groups in total. The molecule has 0 amide bonds. The van der Waals surface area contributed by atoms with Gasteiger partial charge in [-0.25, -0.2) is 0 Å². The lowest BCUT2D eigenvalue weighted by atomic mass is 10.0. The van der Waals surface area contributed by atoms with E-state index in [1.165, 1.54) is 54.5 Å². The van der Waals surface area contributed by atoms with Crippen LogP contribution in [0, 0.1) is 0 Å². The maximum Gasteiger partial charge on any atom is 0.137 e. The van der Waals surface area contributed by atoms with E-state index < -0.39 is 0 Å². The second-order valence-corrected chi connectivity index (χ2v) is 13.8. The Bertz CT molecular complexity index is 3170. The van der Waals surface area contributed by atoms with Gasteiger partial charge < -0.3 is 13.9 Å². The highest BCUT2D eigenvalue weighted by Gasteiger charge is 2.18. The van der Waals surface area contributed by atoms with E-state index in [1.807, 2.05) is 12.1 Å². The van der Waals surface area contributed by atoms with Crippen molar-refractivity contribution in [2.45, 2.75) is 0 Å². The van der Waals surface area contributed by atoms with Gasteiger partial charge in [0, 0.05) is 50.4 Å². The predicted octanol–water partition coefficient (Wildman–Crippen LogP) is 14.1. The number of hydrogen-bond donors (Lipinski definition) is 0. The molecule has 0 saturated carbocycles. The molecule has 11 aromatic rings. The van der Waals surface area contributed by atoms with E-state index in [1.54, 1.807) is 0 Å². The molecule has 0 aliphatic carbocycles. The second kappa shape index (κ2) is 11.7. The Balaban J connectivity index is 1.05. The van der Waals surface area contributed by atoms with Crippen LogP contribution in [0.5, 0.6) is 0 Å². The van der Waals surface area contributed by atoms with E-state index in [4.69, 9.17) is 4.42 Å². The first kappa shape index (κ1) is 29.6. The van der Waals surface area contributed by atoms with Gasteiger partial charge in [-0.2, -0.15) is 0 Å². The molecule has 0 aliphatic rings. The Hall–Kier alpha value is -7.10. The minimum atomic E-state index is 0.871. The summed E-state index contributed by atoms with van der Waals surface area (Å²) in [6, 6.07) is 69.8. The van der Waals surface area contributed by atoms with Crippen molar-refractivity contribution in [3.05, 3.63) is 194 Å². The summed E-state index contributed by atoms with van der Waals surface area (Å²) >= 11 is 0. The Kier molecular flexibility index (Phi) is 6.55. The van der Waals surface area contributed by atoms with E-state index in [-0.39, 0.29) is 0 Å². The van der Waals surface area contributed by atoms with Crippen LogP contribution in [0.2, 0.25) is 0 Å². The van der Waals surface area contributed by atoms with Crippen molar-refractivity contribution in [1.82, 2.24) is 4.57 Å². The number of aromatic nitrogens is 1. The second-order valence-electron chi connectivity index (χ2n) is 13.8. The lowest BCUT2D eigenvalue weighted by Crippen LogP contribution is -2.10. The normalized spacial score (nSPS) is 11.8. The van der Waals surface area contributed by atoms with Crippen LogP contribution >= 0.6 is 0 Å². The predicted molar refractivity (Wildman–Crippen MR) is 223 cm³/mol. The molecule has 0 aliphatic heterocycles. The van der Waals surface area contributed by atoms with Crippen LogP contribution in [0.15, 0.2) is 199 Å². The van der Waals surface area contributed by atoms with Crippen molar-refractivity contribution in [3.8, 4) is 16.8 Å². The third-order valence-electron chi connectivity index (χ3n) is 10.8. The first-order valence-electron chi connectivity index (χ1n) is 18.1. The maximum absolute atomic E-state index is 6.38. The summed E-state index contributed by atoms with van der Waals surface area (Å²) in [6.07, 6.45) is 0. The van der Waals surface area contributed by atoms with E-state index in [2.05, 4.69) is 191 Å². The summed E-state index contributed by atoms with van der Waals surface area (Å²) < 4.78 is 8.77. The van der Waals surface area contributed by atoms with Crippen LogP contribution in [-0.4, -0.2) is 4.57 Å². The average Bonchev–Trinajstić information content (AvgIpc) is 3.77. The molecule has 3 nitrogen and oxygen atoms in total. The van der Waals surface area contributed by atoms with Crippen molar-refractivity contribution in [3.63, 3.8) is 0 Å². The number of furan rings is 1. The number of nitrogens with zero attached hydrogens (tertiary/aromatic N) is 2. The monoisotopic (exact) mass is 676 g/mol. The highest BCUT2D eigenvalue weighted by Crippen LogP contribution is 2.41. The van der Waals surface area contributed by atoms with Crippen LogP contribution < -0.4 is 4.90 Å². The molecule has 0 spiro atoms. The third kappa shape index (κ3) is 4.75. The molecule has 0 bridgehead atoms. The third-order valence-corrected chi connectivity index (χ3v) is 10.8. The fourth-order valence-corrected chi connectivity index (χ4v) is 8.24. The Labute approximate surface area is 306 Å². The molecule has 0 fully saturated rings. The highest BCUT2D eigenvalue weighted by molar-refractivity contribution is 6.21. The SMILES string of the molecule is c1ccc2cc(-c3ccc(N(c4ccc(-n5c6ccccc6c6c7ccccc7ccc65)cc4)c4ccc5c(c4)oc4ccccc45)cc3)ccc2c1. The van der Waals surface area contributed by atoms with Crippen LogP contribution in [-0.2, 0) is 0 Å². The van der Waals surface area contributed by atoms with E-state index >= 15 is 0 Å². The lowest BCUT2D eigenvalue weighted by Gasteiger charge is -2.26. The van der Waals surface area contributed by atoms with Gasteiger partial charge in [0.1, 0.15) is 11.2 Å². The van der Waals surface area contributed by atoms with Crippen molar-refractivity contribution in [2.24, 2.45) is 0 Å². The summed E-state index contributed by atoms with van der Waals surface area (Å²) in [5.74, 6) is 0. The van der Waals surface area contributed by atoms with E-state index in [0.717, 1.165) is 44.7 Å². The summed E-state index contributed by atoms with van der Waals surface area (Å²) in [5.41, 5.74) is 10.8. The molecule has 248 valence electrons. The zero-order valence-electron chi connectivity index (χ0n) is 28.8. The molecule has 0 radical (unpaired) electrons. The molecule has 0 unspecified atom stereocenters. The first-order valence-corrected chi connectivity index (χ1v) is 18.1. The summed E-state index contributed by atoms with van der Waals surface area (Å²) in [7, 11) is 0. The van der Waals surface area contributed by atoms with Gasteiger partial charge in [-0.15, -0.1) is 0 Å². The molecule has 11 rings (SSSR count). The zero-order chi connectivity index (χ0) is 34.9. The highest BCUT2D eigenvalue weighted by atomic mass is 16.3. The molecule has 9 aromatic carbocycles. The quantitative estimate of drug-likeness (QED) is 0.181. The van der Waals surface area contributed by atoms with Gasteiger partial charge >= 0.3 is 0 Å². The number of anilines is 3. The molecule has 53 heavy (non-hydrogen) atoms. The van der Waals surface area contributed by atoms with Gasteiger partial charge in [0.05, 0.1) is 11.0 Å². The largest absolute Gasteiger partial charge is 0.456 e. The zero-order valence-corrected chi connectivity index (χ0v) is 28.8. The number of fused-ring (bicyclic) bond motifs is 9. The van der Waals surface area contributed by atoms with Gasteiger partial charge in [0.15, 0.2) is 0 Å². The number of rotatable bonds is 5. The number of benzene rings is 9. The van der Waals surface area contributed by atoms with Gasteiger partial charge in [-0.3, -0.25) is 0 Å². The minimum absolute atomic E-state index is 0.871. The van der Waals surface area contributed by atoms with Gasteiger partial charge in [0.2, 0.25) is 0 Å². The topological polar surface area (TPSA) is 21.3 Å². The van der Waals surface area contributed by atoms with Crippen molar-refractivity contribution >= 4 is 82.4 Å². The molecule has 2 heterocycles. The summed E-state index contributed by atoms with van der Waals surface area (Å²) in [6.45, 7) is 0. The minimum Gasteiger partial charge on any atom is -0.456 e. The standard InChI is InChI=1S/C50H32N2O/c1-2-11-36-31-37(18-17-33(36)9-1)34-19-22-38(23-20-34)51(41-28-29-44-43-13-6-8-16-48(43)53-49(44)32-41)39-24-26-40(27-25-39)52-46-15-7-5-14-45(46)50-42-12-4-3-10-35(42)21-30-47(50)52/h1-32H. The van der Waals surface area contributed by atoms with E-state index in [0.29, 0.717) is 0 Å². The van der Waals surface area contributed by atoms with Crippen molar-refractivity contribution < 1.29 is 4.42 Å². The van der Waals surface area contributed by atoms with Crippen LogP contribution in [0.4, 0.5) is 17.1 Å². The lowest BCUT2D eigenvalue weighted by molar-refractivity contribution is 0.669. The van der Waals surface area contributed by atoms with Gasteiger partial charge in [-0.05, 0) is 105 Å². The Morgan fingerprint density at radius 3 is 1.79 bits per heavy atom. The maximum atomic E-state index is 6.38. The Morgan fingerprint density at radius 2 is 0.962 bits per heavy atom. The van der Waals surface area contributed by atoms with Gasteiger partial charge in [0.25, 0.3) is 0 Å². The van der Waals surface area contributed by atoms with Crippen LogP contribution in [0.25, 0.3) is 82.1 Å². The van der Waals surface area contributed by atoms with Crippen LogP contribution in [0.3, 0.4) is 0 Å². The van der Waals surface area contributed by atoms with E-state index in [9.17, 15) is 0 Å². The number of hydrogen-bond acceptors (Lipinski definition) is 2. The molecule has 2 aromatic heterocycles. The fourth-order valence-electron chi connectivity index (χ4n) is 8.24. The smallest absolute Gasteiger partial charge is 0.137 e. The fraction of sp³-hybridized carbons (Fsp3) is 0. The summed E-state index contributed by atoms with van der Waals surface area (Å²) in [4.78, 5) is 2.32. The molecular formula is C50H32N2O. The molecule has 0 atom stereocenters. The summed E-state index contributed by atoms with van der Waals surface area (Å²) in [5, 5.41) is 9.81. The molecular weight excluding hydrogens is 645 g/mol. The number of para-hydroxylation sites is 2. The van der Waals surface area contributed by atoms with Gasteiger partial charge in [-0.1, -0.05) is 115 Å². The Morgan fingerprint density at radius 1 is 0.358 bits per heavy atom. The molecule has 0 saturated heterocycles. The van der Waals surface area contributed by atoms with Crippen LogP contribution in [0.1, 0.15) is 0 Å². The molecule has 3 heteroatoms. The first-order chi connectivity index (χ1) is 26.3. The van der Waals surface area contributed by atoms with Crippen molar-refractivity contribution in [2.75, 3.05) is 4.90 Å². The van der Waals surface area contributed by atoms with Crippen molar-refractivity contribution in [1.29, 1.82) is 0 Å². The average molecular weight is 677 g/mol.